The quantitative estimate of drug-likeness (QED) is 0.352. The number of ether oxygens (including phenoxy) is 1. The summed E-state index contributed by atoms with van der Waals surface area (Å²) in [5.74, 6) is -0.0831. The van der Waals surface area contributed by atoms with E-state index in [4.69, 9.17) is 16.3 Å². The van der Waals surface area contributed by atoms with E-state index in [1.807, 2.05) is 0 Å². The lowest BCUT2D eigenvalue weighted by atomic mass is 10.2. The van der Waals surface area contributed by atoms with Crippen LogP contribution in [0.3, 0.4) is 0 Å². The van der Waals surface area contributed by atoms with E-state index in [-0.39, 0.29) is 28.8 Å². The number of nitro benzene ring substituents is 1. The summed E-state index contributed by atoms with van der Waals surface area (Å²) in [4.78, 5) is 23.6. The van der Waals surface area contributed by atoms with Crippen molar-refractivity contribution in [3.63, 3.8) is 0 Å². The summed E-state index contributed by atoms with van der Waals surface area (Å²) in [6.07, 6.45) is 1.29. The van der Waals surface area contributed by atoms with Gasteiger partial charge in [-0.25, -0.2) is 4.79 Å². The normalized spacial score (nSPS) is 9.38. The largest absolute Gasteiger partial charge is 0.486 e. The maximum atomic E-state index is 10.7. The number of hydrogen-bond donors (Lipinski definition) is 0. The Balaban J connectivity index is 3.46. The fourth-order valence-corrected chi connectivity index (χ4v) is 1.33. The second kappa shape index (κ2) is 5.25. The van der Waals surface area contributed by atoms with E-state index in [1.54, 1.807) is 6.92 Å². The highest BCUT2D eigenvalue weighted by molar-refractivity contribution is 6.31. The Bertz CT molecular complexity index is 446. The summed E-state index contributed by atoms with van der Waals surface area (Å²) in [6.45, 7) is 1.87. The van der Waals surface area contributed by atoms with Crippen LogP contribution in [0, 0.1) is 10.1 Å². The third kappa shape index (κ3) is 2.56. The summed E-state index contributed by atoms with van der Waals surface area (Å²) in [5.41, 5.74) is -0.334. The zero-order chi connectivity index (χ0) is 12.1. The monoisotopic (exact) mass is 242 g/mol. The van der Waals surface area contributed by atoms with Crippen molar-refractivity contribution in [3.8, 4) is 5.75 Å². The molecule has 0 saturated carbocycles. The molecule has 0 aliphatic heterocycles. The molecule has 0 saturated heterocycles. The average molecular weight is 243 g/mol. The molecule has 0 aliphatic rings. The minimum Gasteiger partial charge on any atom is -0.486 e. The van der Waals surface area contributed by atoms with Gasteiger partial charge in [0.25, 0.3) is 0 Å². The Kier molecular flexibility index (Phi) is 3.99. The average Bonchev–Trinajstić information content (AvgIpc) is 2.21. The van der Waals surface area contributed by atoms with Crippen molar-refractivity contribution in [3.05, 3.63) is 27.3 Å². The summed E-state index contributed by atoms with van der Waals surface area (Å²) < 4.78 is 5.06. The Hall–Kier alpha value is -1.91. The Labute approximate surface area is 95.7 Å². The van der Waals surface area contributed by atoms with Gasteiger partial charge < -0.3 is 4.74 Å². The van der Waals surface area contributed by atoms with Gasteiger partial charge in [-0.05, 0) is 13.0 Å². The number of hydrogen-bond acceptors (Lipinski definition) is 5. The van der Waals surface area contributed by atoms with Crippen LogP contribution in [0.25, 0.3) is 0 Å². The predicted octanol–water partition coefficient (Wildman–Crippen LogP) is 2.61. The number of benzene rings is 1. The van der Waals surface area contributed by atoms with E-state index in [9.17, 15) is 14.9 Å². The number of nitro groups is 1. The van der Waals surface area contributed by atoms with Crippen molar-refractivity contribution >= 4 is 29.1 Å². The van der Waals surface area contributed by atoms with Gasteiger partial charge in [0.05, 0.1) is 11.5 Å². The van der Waals surface area contributed by atoms with Crippen LogP contribution in [0.15, 0.2) is 17.1 Å². The molecule has 0 N–H and O–H groups in total. The summed E-state index contributed by atoms with van der Waals surface area (Å²) in [6, 6.07) is 2.43. The Morgan fingerprint density at radius 1 is 1.62 bits per heavy atom. The molecular formula is C9H7ClN2O4. The fraction of sp³-hybridized carbons (Fsp3) is 0.222. The molecule has 6 nitrogen and oxygen atoms in total. The van der Waals surface area contributed by atoms with Gasteiger partial charge in [-0.15, -0.1) is 0 Å². The predicted molar refractivity (Wildman–Crippen MR) is 57.1 cm³/mol. The van der Waals surface area contributed by atoms with Crippen molar-refractivity contribution in [2.75, 3.05) is 6.61 Å². The zero-order valence-electron chi connectivity index (χ0n) is 8.27. The van der Waals surface area contributed by atoms with E-state index >= 15 is 0 Å². The van der Waals surface area contributed by atoms with E-state index in [1.165, 1.54) is 12.1 Å². The van der Waals surface area contributed by atoms with Gasteiger partial charge in [-0.2, -0.15) is 4.99 Å². The standard InChI is InChI=1S/C9H7ClN2O4/c1-2-16-9-7(11-5-13)3-6(10)4-8(9)12(14)15/h3-4H,2H2,1H3. The van der Waals surface area contributed by atoms with Gasteiger partial charge in [-0.1, -0.05) is 11.6 Å². The molecular weight excluding hydrogens is 236 g/mol. The van der Waals surface area contributed by atoms with Crippen LogP contribution in [-0.2, 0) is 4.79 Å². The first-order valence-corrected chi connectivity index (χ1v) is 4.66. The Morgan fingerprint density at radius 3 is 2.81 bits per heavy atom. The second-order valence-corrected chi connectivity index (χ2v) is 3.10. The third-order valence-electron chi connectivity index (χ3n) is 1.67. The lowest BCUT2D eigenvalue weighted by molar-refractivity contribution is -0.385. The molecule has 16 heavy (non-hydrogen) atoms. The number of carbonyl (C=O) groups excluding carboxylic acids is 1. The topological polar surface area (TPSA) is 81.8 Å². The smallest absolute Gasteiger partial charge is 0.314 e. The van der Waals surface area contributed by atoms with Crippen LogP contribution in [0.1, 0.15) is 6.92 Å². The van der Waals surface area contributed by atoms with Crippen LogP contribution < -0.4 is 4.74 Å². The molecule has 1 aromatic rings. The van der Waals surface area contributed by atoms with Crippen LogP contribution >= 0.6 is 11.6 Å². The summed E-state index contributed by atoms with van der Waals surface area (Å²) in [7, 11) is 0. The first-order chi connectivity index (χ1) is 7.60. The van der Waals surface area contributed by atoms with E-state index in [0.717, 1.165) is 6.07 Å². The molecule has 0 fully saturated rings. The molecule has 0 amide bonds. The summed E-state index contributed by atoms with van der Waals surface area (Å²) >= 11 is 5.65. The van der Waals surface area contributed by atoms with Crippen LogP contribution in [0.5, 0.6) is 5.75 Å². The third-order valence-corrected chi connectivity index (χ3v) is 1.88. The number of nitrogens with zero attached hydrogens (tertiary/aromatic N) is 2. The maximum absolute atomic E-state index is 10.7. The maximum Gasteiger partial charge on any atom is 0.314 e. The minimum atomic E-state index is -0.652. The fourth-order valence-electron chi connectivity index (χ4n) is 1.13. The van der Waals surface area contributed by atoms with Crippen molar-refractivity contribution < 1.29 is 14.5 Å². The molecule has 84 valence electrons. The summed E-state index contributed by atoms with van der Waals surface area (Å²) in [5, 5.41) is 10.8. The first-order valence-electron chi connectivity index (χ1n) is 4.28. The van der Waals surface area contributed by atoms with E-state index in [0.29, 0.717) is 0 Å². The highest BCUT2D eigenvalue weighted by atomic mass is 35.5. The molecule has 1 rings (SSSR count). The molecule has 1 aromatic carbocycles. The van der Waals surface area contributed by atoms with Gasteiger partial charge >= 0.3 is 5.69 Å². The van der Waals surface area contributed by atoms with E-state index in [2.05, 4.69) is 4.99 Å². The molecule has 0 unspecified atom stereocenters. The highest BCUT2D eigenvalue weighted by Gasteiger charge is 2.20. The first kappa shape index (κ1) is 12.2. The molecule has 7 heteroatoms. The van der Waals surface area contributed by atoms with Gasteiger partial charge in [0.2, 0.25) is 11.8 Å². The number of isocyanates is 1. The van der Waals surface area contributed by atoms with Crippen LogP contribution in [-0.4, -0.2) is 17.6 Å². The van der Waals surface area contributed by atoms with Gasteiger partial charge in [0.15, 0.2) is 0 Å². The lowest BCUT2D eigenvalue weighted by Crippen LogP contribution is -1.98. The van der Waals surface area contributed by atoms with Crippen LogP contribution in [0.2, 0.25) is 5.02 Å². The van der Waals surface area contributed by atoms with Crippen molar-refractivity contribution in [1.82, 2.24) is 0 Å². The molecule has 0 heterocycles. The minimum absolute atomic E-state index is 0.00366. The highest BCUT2D eigenvalue weighted by Crippen LogP contribution is 2.39. The molecule has 0 bridgehead atoms. The SMILES string of the molecule is CCOc1c(N=C=O)cc(Cl)cc1[N+](=O)[O-]. The van der Waals surface area contributed by atoms with Gasteiger partial charge in [0.1, 0.15) is 5.69 Å². The van der Waals surface area contributed by atoms with Gasteiger partial charge in [-0.3, -0.25) is 10.1 Å². The second-order valence-electron chi connectivity index (χ2n) is 2.67. The molecule has 0 aliphatic carbocycles. The zero-order valence-corrected chi connectivity index (χ0v) is 9.02. The molecule has 0 aromatic heterocycles. The van der Waals surface area contributed by atoms with Crippen molar-refractivity contribution in [1.29, 1.82) is 0 Å². The van der Waals surface area contributed by atoms with Crippen LogP contribution in [0.4, 0.5) is 11.4 Å². The Morgan fingerprint density at radius 2 is 2.31 bits per heavy atom. The van der Waals surface area contributed by atoms with Gasteiger partial charge in [0, 0.05) is 11.1 Å². The molecule has 0 atom stereocenters. The number of halogens is 1. The number of rotatable bonds is 4. The number of aliphatic imine (C=N–C) groups is 1. The molecule has 0 radical (unpaired) electrons. The molecule has 0 spiro atoms. The van der Waals surface area contributed by atoms with Crippen molar-refractivity contribution in [2.24, 2.45) is 4.99 Å². The van der Waals surface area contributed by atoms with E-state index < -0.39 is 4.92 Å². The lowest BCUT2D eigenvalue weighted by Gasteiger charge is -2.06. The van der Waals surface area contributed by atoms with Crippen molar-refractivity contribution in [2.45, 2.75) is 6.92 Å².